The van der Waals surface area contributed by atoms with E-state index in [1.54, 1.807) is 12.1 Å². The van der Waals surface area contributed by atoms with Crippen LogP contribution in [-0.4, -0.2) is 6.54 Å². The highest BCUT2D eigenvalue weighted by atomic mass is 35.5. The summed E-state index contributed by atoms with van der Waals surface area (Å²) in [5, 5.41) is 12.7. The van der Waals surface area contributed by atoms with E-state index in [-0.39, 0.29) is 0 Å². The lowest BCUT2D eigenvalue weighted by Crippen LogP contribution is -2.15. The SMILES string of the molecule is N#Cc1ccc(NCC2CC=CCC2)c(Cl)c1. The van der Waals surface area contributed by atoms with Crippen molar-refractivity contribution in [3.05, 3.63) is 40.9 Å². The van der Waals surface area contributed by atoms with Crippen LogP contribution in [0, 0.1) is 17.2 Å². The molecule has 0 spiro atoms. The van der Waals surface area contributed by atoms with Gasteiger partial charge in [-0.25, -0.2) is 0 Å². The van der Waals surface area contributed by atoms with Crippen molar-refractivity contribution in [1.82, 2.24) is 0 Å². The molecule has 1 aliphatic carbocycles. The van der Waals surface area contributed by atoms with Crippen LogP contribution in [0.25, 0.3) is 0 Å². The van der Waals surface area contributed by atoms with Crippen molar-refractivity contribution < 1.29 is 0 Å². The lowest BCUT2D eigenvalue weighted by atomic mass is 9.94. The molecule has 1 N–H and O–H groups in total. The summed E-state index contributed by atoms with van der Waals surface area (Å²) in [5.74, 6) is 0.687. The zero-order chi connectivity index (χ0) is 12.1. The van der Waals surface area contributed by atoms with Gasteiger partial charge < -0.3 is 5.32 Å². The number of allylic oxidation sites excluding steroid dienone is 2. The van der Waals surface area contributed by atoms with Crippen LogP contribution in [0.1, 0.15) is 24.8 Å². The average Bonchev–Trinajstić information content (AvgIpc) is 2.38. The van der Waals surface area contributed by atoms with Gasteiger partial charge in [-0.1, -0.05) is 23.8 Å². The summed E-state index contributed by atoms with van der Waals surface area (Å²) in [4.78, 5) is 0. The third-order valence-corrected chi connectivity index (χ3v) is 3.37. The molecule has 0 radical (unpaired) electrons. The van der Waals surface area contributed by atoms with Crippen LogP contribution >= 0.6 is 11.6 Å². The minimum Gasteiger partial charge on any atom is -0.384 e. The van der Waals surface area contributed by atoms with Crippen LogP contribution in [0.3, 0.4) is 0 Å². The van der Waals surface area contributed by atoms with Gasteiger partial charge in [0.05, 0.1) is 22.3 Å². The fourth-order valence-corrected chi connectivity index (χ4v) is 2.27. The molecule has 0 heterocycles. The zero-order valence-electron chi connectivity index (χ0n) is 9.62. The maximum absolute atomic E-state index is 8.75. The molecule has 1 atom stereocenters. The predicted octanol–water partition coefficient (Wildman–Crippen LogP) is 3.98. The number of benzene rings is 1. The van der Waals surface area contributed by atoms with Crippen molar-refractivity contribution >= 4 is 17.3 Å². The smallest absolute Gasteiger partial charge is 0.0992 e. The van der Waals surface area contributed by atoms with Gasteiger partial charge in [0.1, 0.15) is 0 Å². The maximum atomic E-state index is 8.75. The van der Waals surface area contributed by atoms with E-state index in [2.05, 4.69) is 23.5 Å². The fourth-order valence-electron chi connectivity index (χ4n) is 2.02. The fraction of sp³-hybridized carbons (Fsp3) is 0.357. The van der Waals surface area contributed by atoms with Crippen LogP contribution in [0.4, 0.5) is 5.69 Å². The molecule has 0 saturated carbocycles. The van der Waals surface area contributed by atoms with E-state index in [0.717, 1.165) is 18.7 Å². The van der Waals surface area contributed by atoms with Gasteiger partial charge in [-0.05, 0) is 43.4 Å². The molecular formula is C14H15ClN2. The van der Waals surface area contributed by atoms with E-state index in [9.17, 15) is 0 Å². The summed E-state index contributed by atoms with van der Waals surface area (Å²) in [7, 11) is 0. The summed E-state index contributed by atoms with van der Waals surface area (Å²) in [6, 6.07) is 7.44. The molecule has 88 valence electrons. The highest BCUT2D eigenvalue weighted by molar-refractivity contribution is 6.33. The summed E-state index contributed by atoms with van der Waals surface area (Å²) in [6.07, 6.45) is 8.03. The van der Waals surface area contributed by atoms with Gasteiger partial charge in [0.2, 0.25) is 0 Å². The molecule has 0 fully saturated rings. The van der Waals surface area contributed by atoms with Crippen molar-refractivity contribution in [3.8, 4) is 6.07 Å². The third-order valence-electron chi connectivity index (χ3n) is 3.06. The Bertz CT molecular complexity index is 460. The maximum Gasteiger partial charge on any atom is 0.0992 e. The van der Waals surface area contributed by atoms with E-state index in [1.165, 1.54) is 12.8 Å². The van der Waals surface area contributed by atoms with Crippen molar-refractivity contribution in [1.29, 1.82) is 5.26 Å². The van der Waals surface area contributed by atoms with Gasteiger partial charge in [-0.15, -0.1) is 0 Å². The Morgan fingerprint density at radius 1 is 1.41 bits per heavy atom. The Labute approximate surface area is 107 Å². The molecular weight excluding hydrogens is 232 g/mol. The van der Waals surface area contributed by atoms with Gasteiger partial charge in [0, 0.05) is 6.54 Å². The summed E-state index contributed by atoms with van der Waals surface area (Å²) >= 11 is 6.10. The van der Waals surface area contributed by atoms with E-state index in [0.29, 0.717) is 16.5 Å². The first-order valence-corrected chi connectivity index (χ1v) is 6.26. The number of anilines is 1. The van der Waals surface area contributed by atoms with Crippen molar-refractivity contribution in [2.75, 3.05) is 11.9 Å². The molecule has 1 unspecified atom stereocenters. The van der Waals surface area contributed by atoms with E-state index in [1.807, 2.05) is 6.07 Å². The van der Waals surface area contributed by atoms with Crippen LogP contribution in [0.15, 0.2) is 30.4 Å². The first-order valence-electron chi connectivity index (χ1n) is 5.88. The molecule has 0 aliphatic heterocycles. The van der Waals surface area contributed by atoms with Crippen LogP contribution < -0.4 is 5.32 Å². The second-order valence-corrected chi connectivity index (χ2v) is 4.75. The van der Waals surface area contributed by atoms with Crippen LogP contribution in [0.5, 0.6) is 0 Å². The quantitative estimate of drug-likeness (QED) is 0.819. The molecule has 0 saturated heterocycles. The van der Waals surface area contributed by atoms with Gasteiger partial charge in [0.25, 0.3) is 0 Å². The zero-order valence-corrected chi connectivity index (χ0v) is 10.4. The van der Waals surface area contributed by atoms with Crippen molar-refractivity contribution in [2.24, 2.45) is 5.92 Å². The number of rotatable bonds is 3. The highest BCUT2D eigenvalue weighted by Crippen LogP contribution is 2.24. The van der Waals surface area contributed by atoms with E-state index in [4.69, 9.17) is 16.9 Å². The molecule has 2 nitrogen and oxygen atoms in total. The van der Waals surface area contributed by atoms with E-state index < -0.39 is 0 Å². The monoisotopic (exact) mass is 246 g/mol. The van der Waals surface area contributed by atoms with Crippen LogP contribution in [-0.2, 0) is 0 Å². The molecule has 2 rings (SSSR count). The number of hydrogen-bond donors (Lipinski definition) is 1. The Hall–Kier alpha value is -1.46. The Morgan fingerprint density at radius 3 is 2.94 bits per heavy atom. The first-order chi connectivity index (χ1) is 8.29. The van der Waals surface area contributed by atoms with Crippen molar-refractivity contribution in [2.45, 2.75) is 19.3 Å². The molecule has 1 aliphatic rings. The number of nitrogens with one attached hydrogen (secondary N) is 1. The van der Waals surface area contributed by atoms with Crippen LogP contribution in [0.2, 0.25) is 5.02 Å². The molecule has 3 heteroatoms. The largest absolute Gasteiger partial charge is 0.384 e. The minimum atomic E-state index is 0.598. The van der Waals surface area contributed by atoms with Gasteiger partial charge in [-0.2, -0.15) is 5.26 Å². The molecule has 0 amide bonds. The number of hydrogen-bond acceptors (Lipinski definition) is 2. The topological polar surface area (TPSA) is 35.8 Å². The Kier molecular flexibility index (Phi) is 4.06. The molecule has 0 bridgehead atoms. The third kappa shape index (κ3) is 3.25. The molecule has 0 aromatic heterocycles. The molecule has 17 heavy (non-hydrogen) atoms. The summed E-state index contributed by atoms with van der Waals surface area (Å²) in [5.41, 5.74) is 1.52. The van der Waals surface area contributed by atoms with Crippen molar-refractivity contribution in [3.63, 3.8) is 0 Å². The Morgan fingerprint density at radius 2 is 2.29 bits per heavy atom. The summed E-state index contributed by atoms with van der Waals surface area (Å²) in [6.45, 7) is 0.940. The second kappa shape index (κ2) is 5.75. The molecule has 1 aromatic rings. The lowest BCUT2D eigenvalue weighted by molar-refractivity contribution is 0.504. The standard InChI is InChI=1S/C14H15ClN2/c15-13-8-12(9-16)6-7-14(13)17-10-11-4-2-1-3-5-11/h1-2,6-8,11,17H,3-5,10H2. The summed E-state index contributed by atoms with van der Waals surface area (Å²) < 4.78 is 0. The number of nitriles is 1. The average molecular weight is 247 g/mol. The Balaban J connectivity index is 1.95. The first kappa shape index (κ1) is 12.0. The lowest BCUT2D eigenvalue weighted by Gasteiger charge is -2.19. The van der Waals surface area contributed by atoms with Gasteiger partial charge in [-0.3, -0.25) is 0 Å². The van der Waals surface area contributed by atoms with Gasteiger partial charge >= 0.3 is 0 Å². The number of nitrogens with zero attached hydrogens (tertiary/aromatic N) is 1. The minimum absolute atomic E-state index is 0.598. The van der Waals surface area contributed by atoms with E-state index >= 15 is 0 Å². The molecule has 1 aromatic carbocycles. The normalized spacial score (nSPS) is 18.7. The van der Waals surface area contributed by atoms with Gasteiger partial charge in [0.15, 0.2) is 0 Å². The second-order valence-electron chi connectivity index (χ2n) is 4.34. The predicted molar refractivity (Wildman–Crippen MR) is 71.1 cm³/mol. The number of halogens is 1. The highest BCUT2D eigenvalue weighted by Gasteiger charge is 2.10.